The molecule has 1 aromatic carbocycles. The predicted octanol–water partition coefficient (Wildman–Crippen LogP) is 3.11. The third-order valence-electron chi connectivity index (χ3n) is 3.80. The molecule has 7 nitrogen and oxygen atoms in total. The first-order valence-electron chi connectivity index (χ1n) is 9.06. The highest BCUT2D eigenvalue weighted by atomic mass is 16.6. The molecular weight excluding hydrogens is 350 g/mol. The molecule has 0 aromatic heterocycles. The SMILES string of the molecule is C[C@H](NC(=O)OC(C)(C)C)C(=O)c1ccc(OCC(=O)OCC2CC2)cc1. The van der Waals surface area contributed by atoms with Crippen LogP contribution in [0.2, 0.25) is 0 Å². The molecule has 0 saturated heterocycles. The highest BCUT2D eigenvalue weighted by molar-refractivity contribution is 6.01. The topological polar surface area (TPSA) is 90.9 Å². The van der Waals surface area contributed by atoms with Crippen LogP contribution in [0.25, 0.3) is 0 Å². The highest BCUT2D eigenvalue weighted by Gasteiger charge is 2.23. The lowest BCUT2D eigenvalue weighted by Gasteiger charge is -2.21. The molecule has 0 bridgehead atoms. The maximum absolute atomic E-state index is 12.4. The molecule has 1 N–H and O–H groups in total. The van der Waals surface area contributed by atoms with E-state index in [1.807, 2.05) is 0 Å². The van der Waals surface area contributed by atoms with Crippen LogP contribution in [0.3, 0.4) is 0 Å². The first-order chi connectivity index (χ1) is 12.6. The number of ketones is 1. The molecule has 0 radical (unpaired) electrons. The molecule has 0 spiro atoms. The molecule has 148 valence electrons. The minimum absolute atomic E-state index is 0.170. The summed E-state index contributed by atoms with van der Waals surface area (Å²) in [5.41, 5.74) is -0.215. The molecule has 0 aliphatic heterocycles. The van der Waals surface area contributed by atoms with E-state index < -0.39 is 23.7 Å². The Kier molecular flexibility index (Phi) is 6.82. The second kappa shape index (κ2) is 8.88. The number of hydrogen-bond acceptors (Lipinski definition) is 6. The van der Waals surface area contributed by atoms with Crippen LogP contribution in [0.4, 0.5) is 4.79 Å². The van der Waals surface area contributed by atoms with Gasteiger partial charge in [0.25, 0.3) is 0 Å². The Labute approximate surface area is 159 Å². The van der Waals surface area contributed by atoms with Crippen molar-refractivity contribution >= 4 is 17.8 Å². The zero-order chi connectivity index (χ0) is 20.0. The fourth-order valence-electron chi connectivity index (χ4n) is 2.19. The summed E-state index contributed by atoms with van der Waals surface area (Å²) in [4.78, 5) is 35.7. The molecule has 1 atom stereocenters. The smallest absolute Gasteiger partial charge is 0.408 e. The van der Waals surface area contributed by atoms with Gasteiger partial charge in [0.05, 0.1) is 12.6 Å². The Hall–Kier alpha value is -2.57. The van der Waals surface area contributed by atoms with Crippen molar-refractivity contribution in [3.8, 4) is 5.75 Å². The Morgan fingerprint density at radius 2 is 1.78 bits per heavy atom. The van der Waals surface area contributed by atoms with Crippen molar-refractivity contribution in [3.05, 3.63) is 29.8 Å². The standard InChI is InChI=1S/C20H27NO6/c1-13(21-19(24)27-20(2,3)4)18(23)15-7-9-16(10-8-15)25-12-17(22)26-11-14-5-6-14/h7-10,13-14H,5-6,11-12H2,1-4H3,(H,21,24)/t13-/m0/s1. The summed E-state index contributed by atoms with van der Waals surface area (Å²) in [5.74, 6) is 0.312. The van der Waals surface area contributed by atoms with Crippen LogP contribution in [0, 0.1) is 5.92 Å². The van der Waals surface area contributed by atoms with Crippen LogP contribution in [-0.4, -0.2) is 42.7 Å². The van der Waals surface area contributed by atoms with Crippen molar-refractivity contribution < 1.29 is 28.6 Å². The highest BCUT2D eigenvalue weighted by Crippen LogP contribution is 2.28. The molecule has 0 heterocycles. The Balaban J connectivity index is 1.79. The summed E-state index contributed by atoms with van der Waals surface area (Å²) in [6.45, 7) is 7.12. The van der Waals surface area contributed by atoms with Gasteiger partial charge in [0.1, 0.15) is 11.4 Å². The number of ether oxygens (including phenoxy) is 3. The fourth-order valence-corrected chi connectivity index (χ4v) is 2.19. The van der Waals surface area contributed by atoms with E-state index >= 15 is 0 Å². The molecule has 1 amide bonds. The number of Topliss-reactive ketones (excluding diaryl/α,β-unsaturated/α-hetero) is 1. The normalized spacial score (nSPS) is 14.8. The van der Waals surface area contributed by atoms with Gasteiger partial charge in [-0.2, -0.15) is 0 Å². The van der Waals surface area contributed by atoms with Gasteiger partial charge < -0.3 is 19.5 Å². The summed E-state index contributed by atoms with van der Waals surface area (Å²) in [5, 5.41) is 2.51. The molecule has 1 aromatic rings. The van der Waals surface area contributed by atoms with Gasteiger partial charge in [0, 0.05) is 5.56 Å². The van der Waals surface area contributed by atoms with Crippen LogP contribution in [0.5, 0.6) is 5.75 Å². The molecule has 27 heavy (non-hydrogen) atoms. The minimum Gasteiger partial charge on any atom is -0.482 e. The van der Waals surface area contributed by atoms with Crippen molar-refractivity contribution in [1.29, 1.82) is 0 Å². The molecule has 7 heteroatoms. The summed E-state index contributed by atoms with van der Waals surface area (Å²) in [6, 6.07) is 5.63. The average Bonchev–Trinajstić information content (AvgIpc) is 3.40. The summed E-state index contributed by atoms with van der Waals surface area (Å²) >= 11 is 0. The van der Waals surface area contributed by atoms with Gasteiger partial charge in [-0.3, -0.25) is 4.79 Å². The van der Waals surface area contributed by atoms with E-state index in [4.69, 9.17) is 14.2 Å². The number of alkyl carbamates (subject to hydrolysis) is 1. The first kappa shape index (κ1) is 20.7. The number of esters is 1. The van der Waals surface area contributed by atoms with Crippen molar-refractivity contribution in [1.82, 2.24) is 5.32 Å². The van der Waals surface area contributed by atoms with Crippen LogP contribution in [-0.2, 0) is 14.3 Å². The fraction of sp³-hybridized carbons (Fsp3) is 0.550. The number of hydrogen-bond donors (Lipinski definition) is 1. The van der Waals surface area contributed by atoms with Crippen LogP contribution in [0.15, 0.2) is 24.3 Å². The van der Waals surface area contributed by atoms with Gasteiger partial charge in [-0.1, -0.05) is 0 Å². The van der Waals surface area contributed by atoms with Gasteiger partial charge in [-0.05, 0) is 70.7 Å². The van der Waals surface area contributed by atoms with Crippen LogP contribution >= 0.6 is 0 Å². The van der Waals surface area contributed by atoms with Crippen molar-refractivity contribution in [2.45, 2.75) is 52.2 Å². The Bertz CT molecular complexity index is 673. The monoisotopic (exact) mass is 377 g/mol. The van der Waals surface area contributed by atoms with E-state index in [1.165, 1.54) is 0 Å². The average molecular weight is 377 g/mol. The number of nitrogens with one attached hydrogen (secondary N) is 1. The minimum atomic E-state index is -0.732. The van der Waals surface area contributed by atoms with E-state index in [1.54, 1.807) is 52.0 Å². The lowest BCUT2D eigenvalue weighted by atomic mass is 10.1. The molecular formula is C20H27NO6. The van der Waals surface area contributed by atoms with Gasteiger partial charge in [-0.25, -0.2) is 9.59 Å². The Morgan fingerprint density at radius 3 is 2.33 bits per heavy atom. The second-order valence-electron chi connectivity index (χ2n) is 7.67. The van der Waals surface area contributed by atoms with E-state index in [0.29, 0.717) is 23.8 Å². The number of benzene rings is 1. The largest absolute Gasteiger partial charge is 0.482 e. The summed E-state index contributed by atoms with van der Waals surface area (Å²) < 4.78 is 15.6. The number of carbonyl (C=O) groups is 3. The lowest BCUT2D eigenvalue weighted by molar-refractivity contribution is -0.146. The number of carbonyl (C=O) groups excluding carboxylic acids is 3. The van der Waals surface area contributed by atoms with Crippen LogP contribution in [0.1, 0.15) is 50.9 Å². The van der Waals surface area contributed by atoms with Crippen molar-refractivity contribution in [2.24, 2.45) is 5.92 Å². The quantitative estimate of drug-likeness (QED) is 0.553. The lowest BCUT2D eigenvalue weighted by Crippen LogP contribution is -2.41. The first-order valence-corrected chi connectivity index (χ1v) is 9.06. The summed E-state index contributed by atoms with van der Waals surface area (Å²) in [6.07, 6.45) is 1.59. The number of rotatable bonds is 8. The predicted molar refractivity (Wildman–Crippen MR) is 98.8 cm³/mol. The van der Waals surface area contributed by atoms with E-state index in [-0.39, 0.29) is 12.4 Å². The second-order valence-corrected chi connectivity index (χ2v) is 7.67. The van der Waals surface area contributed by atoms with Crippen molar-refractivity contribution in [2.75, 3.05) is 13.2 Å². The van der Waals surface area contributed by atoms with E-state index in [9.17, 15) is 14.4 Å². The zero-order valence-electron chi connectivity index (χ0n) is 16.2. The van der Waals surface area contributed by atoms with E-state index in [2.05, 4.69) is 5.32 Å². The molecule has 2 rings (SSSR count). The van der Waals surface area contributed by atoms with Crippen molar-refractivity contribution in [3.63, 3.8) is 0 Å². The summed E-state index contributed by atoms with van der Waals surface area (Å²) in [7, 11) is 0. The van der Waals surface area contributed by atoms with Gasteiger partial charge >= 0.3 is 12.1 Å². The molecule has 1 saturated carbocycles. The maximum atomic E-state index is 12.4. The zero-order valence-corrected chi connectivity index (χ0v) is 16.2. The van der Waals surface area contributed by atoms with Gasteiger partial charge in [-0.15, -0.1) is 0 Å². The third kappa shape index (κ3) is 7.68. The Morgan fingerprint density at radius 1 is 1.15 bits per heavy atom. The van der Waals surface area contributed by atoms with E-state index in [0.717, 1.165) is 12.8 Å². The maximum Gasteiger partial charge on any atom is 0.408 e. The van der Waals surface area contributed by atoms with Gasteiger partial charge in [0.2, 0.25) is 0 Å². The molecule has 1 aliphatic rings. The van der Waals surface area contributed by atoms with Gasteiger partial charge in [0.15, 0.2) is 12.4 Å². The molecule has 0 unspecified atom stereocenters. The third-order valence-corrected chi connectivity index (χ3v) is 3.80. The molecule has 1 aliphatic carbocycles. The molecule has 1 fully saturated rings. The number of amides is 1. The van der Waals surface area contributed by atoms with Crippen LogP contribution < -0.4 is 10.1 Å².